The molecule has 0 saturated heterocycles. The van der Waals surface area contributed by atoms with E-state index < -0.39 is 11.8 Å². The van der Waals surface area contributed by atoms with Gasteiger partial charge in [-0.25, -0.2) is 9.18 Å². The molecule has 0 heterocycles. The minimum atomic E-state index is -0.725. The Hall–Kier alpha value is -2.09. The van der Waals surface area contributed by atoms with Crippen LogP contribution in [0.4, 0.5) is 10.1 Å². The summed E-state index contributed by atoms with van der Waals surface area (Å²) in [6, 6.07) is 4.81. The zero-order chi connectivity index (χ0) is 14.0. The van der Waals surface area contributed by atoms with Gasteiger partial charge >= 0.3 is 5.97 Å². The third-order valence-electron chi connectivity index (χ3n) is 3.42. The fraction of sp³-hybridized carbons (Fsp3) is 0.429. The van der Waals surface area contributed by atoms with Gasteiger partial charge in [0.1, 0.15) is 5.82 Å². The first-order chi connectivity index (χ1) is 8.97. The van der Waals surface area contributed by atoms with E-state index in [9.17, 15) is 9.18 Å². The SMILES string of the molecule is Cc1cc(N)cc(C(=O)OCC2(CC#N)CC2)c1F. The number of nitrogens with two attached hydrogens (primary N) is 1. The van der Waals surface area contributed by atoms with Gasteiger partial charge in [0, 0.05) is 17.5 Å². The molecule has 1 fully saturated rings. The highest BCUT2D eigenvalue weighted by molar-refractivity contribution is 5.91. The van der Waals surface area contributed by atoms with Crippen LogP contribution in [0, 0.1) is 29.5 Å². The average molecular weight is 262 g/mol. The highest BCUT2D eigenvalue weighted by Gasteiger charge is 2.43. The molecular formula is C14H15FN2O2. The molecule has 2 N–H and O–H groups in total. The van der Waals surface area contributed by atoms with E-state index >= 15 is 0 Å². The van der Waals surface area contributed by atoms with Gasteiger partial charge in [-0.1, -0.05) is 0 Å². The zero-order valence-corrected chi connectivity index (χ0v) is 10.7. The van der Waals surface area contributed by atoms with E-state index in [0.717, 1.165) is 12.8 Å². The summed E-state index contributed by atoms with van der Waals surface area (Å²) < 4.78 is 18.9. The molecule has 100 valence electrons. The summed E-state index contributed by atoms with van der Waals surface area (Å²) in [6.45, 7) is 1.70. The number of hydrogen-bond acceptors (Lipinski definition) is 4. The highest BCUT2D eigenvalue weighted by Crippen LogP contribution is 2.48. The number of ether oxygens (including phenoxy) is 1. The average Bonchev–Trinajstić information content (AvgIpc) is 3.12. The van der Waals surface area contributed by atoms with Gasteiger partial charge in [0.2, 0.25) is 0 Å². The standard InChI is InChI=1S/C14H15FN2O2/c1-9-6-10(17)7-11(12(9)15)13(18)19-8-14(2-3-14)4-5-16/h6-7H,2-4,8,17H2,1H3. The van der Waals surface area contributed by atoms with Crippen LogP contribution in [0.3, 0.4) is 0 Å². The first kappa shape index (κ1) is 13.3. The van der Waals surface area contributed by atoms with Gasteiger partial charge in [-0.05, 0) is 37.5 Å². The molecule has 0 bridgehead atoms. The van der Waals surface area contributed by atoms with Crippen LogP contribution in [0.25, 0.3) is 0 Å². The molecule has 2 rings (SSSR count). The molecule has 1 saturated carbocycles. The molecule has 19 heavy (non-hydrogen) atoms. The number of nitriles is 1. The molecule has 0 amide bonds. The minimum absolute atomic E-state index is 0.148. The third kappa shape index (κ3) is 2.84. The number of benzene rings is 1. The molecule has 0 aromatic heterocycles. The van der Waals surface area contributed by atoms with Crippen molar-refractivity contribution in [2.75, 3.05) is 12.3 Å². The van der Waals surface area contributed by atoms with Crippen molar-refractivity contribution in [1.29, 1.82) is 5.26 Å². The van der Waals surface area contributed by atoms with Crippen LogP contribution in [0.5, 0.6) is 0 Å². The Kier molecular flexibility index (Phi) is 3.43. The van der Waals surface area contributed by atoms with E-state index in [2.05, 4.69) is 6.07 Å². The van der Waals surface area contributed by atoms with Crippen LogP contribution in [-0.4, -0.2) is 12.6 Å². The number of rotatable bonds is 4. The Bertz CT molecular complexity index is 559. The van der Waals surface area contributed by atoms with Crippen molar-refractivity contribution >= 4 is 11.7 Å². The van der Waals surface area contributed by atoms with E-state index in [0.29, 0.717) is 17.7 Å². The van der Waals surface area contributed by atoms with E-state index in [-0.39, 0.29) is 17.6 Å². The van der Waals surface area contributed by atoms with Gasteiger partial charge in [0.05, 0.1) is 18.2 Å². The van der Waals surface area contributed by atoms with Crippen LogP contribution >= 0.6 is 0 Å². The molecule has 1 aliphatic rings. The molecule has 0 aliphatic heterocycles. The van der Waals surface area contributed by atoms with Crippen molar-refractivity contribution in [3.63, 3.8) is 0 Å². The second-order valence-corrected chi connectivity index (χ2v) is 5.11. The van der Waals surface area contributed by atoms with Crippen molar-refractivity contribution in [3.05, 3.63) is 29.1 Å². The number of esters is 1. The maximum Gasteiger partial charge on any atom is 0.341 e. The summed E-state index contributed by atoms with van der Waals surface area (Å²) in [6.07, 6.45) is 2.09. The minimum Gasteiger partial charge on any atom is -0.461 e. The lowest BCUT2D eigenvalue weighted by molar-refractivity contribution is 0.0414. The maximum absolute atomic E-state index is 13.8. The van der Waals surface area contributed by atoms with E-state index in [1.165, 1.54) is 12.1 Å². The summed E-state index contributed by atoms with van der Waals surface area (Å²) in [5.74, 6) is -1.33. The van der Waals surface area contributed by atoms with Crippen LogP contribution in [0.2, 0.25) is 0 Å². The fourth-order valence-electron chi connectivity index (χ4n) is 1.96. The van der Waals surface area contributed by atoms with E-state index in [4.69, 9.17) is 15.7 Å². The smallest absolute Gasteiger partial charge is 0.341 e. The molecular weight excluding hydrogens is 247 g/mol. The van der Waals surface area contributed by atoms with Crippen LogP contribution in [0.15, 0.2) is 12.1 Å². The lowest BCUT2D eigenvalue weighted by atomic mass is 10.1. The Balaban J connectivity index is 2.07. The number of aryl methyl sites for hydroxylation is 1. The summed E-state index contributed by atoms with van der Waals surface area (Å²) in [5.41, 5.74) is 5.86. The monoisotopic (exact) mass is 262 g/mol. The molecule has 1 aliphatic carbocycles. The second-order valence-electron chi connectivity index (χ2n) is 5.11. The van der Waals surface area contributed by atoms with Crippen molar-refractivity contribution < 1.29 is 13.9 Å². The predicted octanol–water partition coefficient (Wildman–Crippen LogP) is 2.57. The molecule has 5 heteroatoms. The molecule has 0 spiro atoms. The topological polar surface area (TPSA) is 76.1 Å². The number of nitrogen functional groups attached to an aromatic ring is 1. The molecule has 0 atom stereocenters. The van der Waals surface area contributed by atoms with Crippen LogP contribution < -0.4 is 5.73 Å². The van der Waals surface area contributed by atoms with Crippen molar-refractivity contribution in [1.82, 2.24) is 0 Å². The quantitative estimate of drug-likeness (QED) is 0.668. The van der Waals surface area contributed by atoms with Crippen molar-refractivity contribution in [2.45, 2.75) is 26.2 Å². The lowest BCUT2D eigenvalue weighted by Crippen LogP contribution is -2.16. The highest BCUT2D eigenvalue weighted by atomic mass is 19.1. The molecule has 1 aromatic rings. The van der Waals surface area contributed by atoms with Gasteiger partial charge < -0.3 is 10.5 Å². The summed E-state index contributed by atoms with van der Waals surface area (Å²) in [7, 11) is 0. The summed E-state index contributed by atoms with van der Waals surface area (Å²) in [4.78, 5) is 11.8. The number of anilines is 1. The Morgan fingerprint density at radius 1 is 1.58 bits per heavy atom. The number of carbonyl (C=O) groups excluding carboxylic acids is 1. The van der Waals surface area contributed by atoms with Crippen molar-refractivity contribution in [2.24, 2.45) is 5.41 Å². The number of halogens is 1. The van der Waals surface area contributed by atoms with Gasteiger partial charge in [-0.2, -0.15) is 5.26 Å². The summed E-state index contributed by atoms with van der Waals surface area (Å²) in [5, 5.41) is 8.67. The van der Waals surface area contributed by atoms with E-state index in [1.807, 2.05) is 0 Å². The third-order valence-corrected chi connectivity index (χ3v) is 3.42. The van der Waals surface area contributed by atoms with Gasteiger partial charge in [0.15, 0.2) is 0 Å². The fourth-order valence-corrected chi connectivity index (χ4v) is 1.96. The van der Waals surface area contributed by atoms with Gasteiger partial charge in [0.25, 0.3) is 0 Å². The second kappa shape index (κ2) is 4.88. The van der Waals surface area contributed by atoms with Gasteiger partial charge in [-0.15, -0.1) is 0 Å². The molecule has 4 nitrogen and oxygen atoms in total. The van der Waals surface area contributed by atoms with E-state index in [1.54, 1.807) is 6.92 Å². The number of carbonyl (C=O) groups is 1. The normalized spacial score (nSPS) is 15.6. The van der Waals surface area contributed by atoms with Crippen molar-refractivity contribution in [3.8, 4) is 6.07 Å². The Labute approximate surface area is 111 Å². The molecule has 0 radical (unpaired) electrons. The van der Waals surface area contributed by atoms with Gasteiger partial charge in [-0.3, -0.25) is 0 Å². The summed E-state index contributed by atoms with van der Waals surface area (Å²) >= 11 is 0. The largest absolute Gasteiger partial charge is 0.461 e. The maximum atomic E-state index is 13.8. The van der Waals surface area contributed by atoms with Crippen LogP contribution in [-0.2, 0) is 4.74 Å². The zero-order valence-electron chi connectivity index (χ0n) is 10.7. The lowest BCUT2D eigenvalue weighted by Gasteiger charge is -2.12. The number of nitrogens with zero attached hydrogens (tertiary/aromatic N) is 1. The first-order valence-corrected chi connectivity index (χ1v) is 6.07. The molecule has 1 aromatic carbocycles. The number of hydrogen-bond donors (Lipinski definition) is 1. The first-order valence-electron chi connectivity index (χ1n) is 6.07. The Morgan fingerprint density at radius 2 is 2.26 bits per heavy atom. The predicted molar refractivity (Wildman–Crippen MR) is 67.7 cm³/mol. The Morgan fingerprint density at radius 3 is 2.84 bits per heavy atom. The molecule has 0 unspecified atom stereocenters. The van der Waals surface area contributed by atoms with Crippen LogP contribution in [0.1, 0.15) is 35.2 Å².